The highest BCUT2D eigenvalue weighted by Crippen LogP contribution is 2.30. The number of nitrogen functional groups attached to an aromatic ring is 1. The van der Waals surface area contributed by atoms with Crippen molar-refractivity contribution in [3.8, 4) is 11.1 Å². The summed E-state index contributed by atoms with van der Waals surface area (Å²) in [7, 11) is 0. The molecular formula is C12H10BrN3S. The molecule has 86 valence electrons. The first kappa shape index (κ1) is 12.0. The van der Waals surface area contributed by atoms with E-state index in [1.165, 1.54) is 0 Å². The Kier molecular flexibility index (Phi) is 3.40. The van der Waals surface area contributed by atoms with Gasteiger partial charge >= 0.3 is 0 Å². The lowest BCUT2D eigenvalue weighted by Crippen LogP contribution is -1.97. The Morgan fingerprint density at radius 2 is 2.29 bits per heavy atom. The van der Waals surface area contributed by atoms with Crippen molar-refractivity contribution in [2.45, 2.75) is 0 Å². The summed E-state index contributed by atoms with van der Waals surface area (Å²) in [5.74, 6) is 0.504. The summed E-state index contributed by atoms with van der Waals surface area (Å²) in [5, 5.41) is 0. The maximum atomic E-state index is 5.84. The summed E-state index contributed by atoms with van der Waals surface area (Å²) in [5.41, 5.74) is 8.40. The summed E-state index contributed by atoms with van der Waals surface area (Å²) < 4.78 is 1.33. The lowest BCUT2D eigenvalue weighted by atomic mass is 10.1. The first-order valence-corrected chi connectivity index (χ1v) is 6.07. The lowest BCUT2D eigenvalue weighted by Gasteiger charge is -2.08. The molecule has 0 atom stereocenters. The smallest absolute Gasteiger partial charge is 0.110 e. The van der Waals surface area contributed by atoms with Crippen LogP contribution in [-0.4, -0.2) is 9.97 Å². The molecule has 0 saturated carbocycles. The number of aromatic amines is 1. The highest BCUT2D eigenvalue weighted by molar-refractivity contribution is 9.15. The average Bonchev–Trinajstić information content (AvgIpc) is 2.30. The molecule has 0 aliphatic carbocycles. The van der Waals surface area contributed by atoms with Crippen molar-refractivity contribution in [1.29, 1.82) is 0 Å². The number of H-pyrrole nitrogens is 1. The molecule has 0 amide bonds. The Labute approximate surface area is 113 Å². The van der Waals surface area contributed by atoms with Gasteiger partial charge in [-0.1, -0.05) is 40.8 Å². The average molecular weight is 308 g/mol. The van der Waals surface area contributed by atoms with Crippen LogP contribution >= 0.6 is 28.1 Å². The number of halogens is 1. The van der Waals surface area contributed by atoms with Gasteiger partial charge in [0.25, 0.3) is 0 Å². The Hall–Kier alpha value is -1.46. The Morgan fingerprint density at radius 1 is 1.53 bits per heavy atom. The van der Waals surface area contributed by atoms with Gasteiger partial charge in [0.15, 0.2) is 0 Å². The Bertz CT molecular complexity index is 619. The van der Waals surface area contributed by atoms with Crippen LogP contribution < -0.4 is 5.73 Å². The molecule has 0 saturated heterocycles. The monoisotopic (exact) mass is 307 g/mol. The highest BCUT2D eigenvalue weighted by Gasteiger charge is 2.09. The molecular weight excluding hydrogens is 298 g/mol. The molecule has 5 heteroatoms. The third-order valence-corrected chi connectivity index (χ3v) is 3.18. The largest absolute Gasteiger partial charge is 0.385 e. The molecule has 0 aromatic carbocycles. The number of rotatable bonds is 2. The molecule has 0 spiro atoms. The molecule has 0 radical (unpaired) electrons. The number of nitrogens with two attached hydrogens (primary N) is 1. The summed E-state index contributed by atoms with van der Waals surface area (Å²) in [6, 6.07) is 3.81. The number of aromatic nitrogens is 2. The van der Waals surface area contributed by atoms with Gasteiger partial charge in [0.05, 0.1) is 4.51 Å². The predicted octanol–water partition coefficient (Wildman–Crippen LogP) is 3.75. The molecule has 2 heterocycles. The van der Waals surface area contributed by atoms with Crippen molar-refractivity contribution in [3.05, 3.63) is 47.4 Å². The fourth-order valence-corrected chi connectivity index (χ4v) is 2.50. The van der Waals surface area contributed by atoms with Gasteiger partial charge in [-0.15, -0.1) is 0 Å². The highest BCUT2D eigenvalue weighted by atomic mass is 79.9. The van der Waals surface area contributed by atoms with E-state index in [0.717, 1.165) is 16.7 Å². The standard InChI is InChI=1S/C12H10BrN3S/c1-7(13)10-11(17)9(6-16-12(10)14)8-3-2-4-15-5-8/h2-6H,1H2,(H3,14,16,17). The molecule has 3 N–H and O–H groups in total. The molecule has 17 heavy (non-hydrogen) atoms. The summed E-state index contributed by atoms with van der Waals surface area (Å²) >= 11 is 8.73. The van der Waals surface area contributed by atoms with Gasteiger partial charge in [-0.3, -0.25) is 4.98 Å². The van der Waals surface area contributed by atoms with Crippen molar-refractivity contribution in [2.24, 2.45) is 0 Å². The normalized spacial score (nSPS) is 10.2. The van der Waals surface area contributed by atoms with E-state index in [9.17, 15) is 0 Å². The van der Waals surface area contributed by atoms with E-state index >= 15 is 0 Å². The maximum Gasteiger partial charge on any atom is 0.110 e. The number of nitrogens with one attached hydrogen (secondary N) is 1. The Morgan fingerprint density at radius 3 is 2.88 bits per heavy atom. The van der Waals surface area contributed by atoms with E-state index in [-0.39, 0.29) is 0 Å². The zero-order valence-corrected chi connectivity index (χ0v) is 11.3. The minimum absolute atomic E-state index is 0.504. The molecule has 2 aromatic rings. The van der Waals surface area contributed by atoms with Crippen LogP contribution in [0.5, 0.6) is 0 Å². The van der Waals surface area contributed by atoms with Crippen LogP contribution in [-0.2, 0) is 0 Å². The van der Waals surface area contributed by atoms with Crippen LogP contribution in [0.4, 0.5) is 5.82 Å². The van der Waals surface area contributed by atoms with Gasteiger partial charge in [0, 0.05) is 39.8 Å². The topological polar surface area (TPSA) is 54.7 Å². The molecule has 2 aromatic heterocycles. The third kappa shape index (κ3) is 2.30. The third-order valence-electron chi connectivity index (χ3n) is 2.36. The zero-order chi connectivity index (χ0) is 12.4. The minimum atomic E-state index is 0.504. The summed E-state index contributed by atoms with van der Waals surface area (Å²) in [6.07, 6.45) is 5.27. The lowest BCUT2D eigenvalue weighted by molar-refractivity contribution is 1.29. The molecule has 0 bridgehead atoms. The second-order valence-corrected chi connectivity index (χ2v) is 4.83. The van der Waals surface area contributed by atoms with Gasteiger partial charge in [-0.2, -0.15) is 0 Å². The Balaban J connectivity index is 2.71. The summed E-state index contributed by atoms with van der Waals surface area (Å²) in [4.78, 5) is 7.06. The van der Waals surface area contributed by atoms with E-state index in [2.05, 4.69) is 32.5 Å². The number of anilines is 1. The second-order valence-electron chi connectivity index (χ2n) is 3.47. The fourth-order valence-electron chi connectivity index (χ4n) is 1.55. The van der Waals surface area contributed by atoms with Crippen LogP contribution in [0.3, 0.4) is 0 Å². The van der Waals surface area contributed by atoms with E-state index in [1.54, 1.807) is 18.6 Å². The van der Waals surface area contributed by atoms with Crippen molar-refractivity contribution in [1.82, 2.24) is 9.97 Å². The van der Waals surface area contributed by atoms with Gasteiger partial charge < -0.3 is 10.7 Å². The molecule has 2 rings (SSSR count). The quantitative estimate of drug-likeness (QED) is 0.831. The molecule has 0 aliphatic heterocycles. The SMILES string of the molecule is C=C(Br)c1c(N)[nH]cc(-c2cccnc2)c1=S. The van der Waals surface area contributed by atoms with Crippen molar-refractivity contribution in [2.75, 3.05) is 5.73 Å². The predicted molar refractivity (Wildman–Crippen MR) is 77.2 cm³/mol. The van der Waals surface area contributed by atoms with E-state index in [1.807, 2.05) is 12.1 Å². The number of hydrogen-bond acceptors (Lipinski definition) is 3. The van der Waals surface area contributed by atoms with Crippen LogP contribution in [0.1, 0.15) is 5.56 Å². The van der Waals surface area contributed by atoms with E-state index < -0.39 is 0 Å². The van der Waals surface area contributed by atoms with Crippen LogP contribution in [0.15, 0.2) is 37.3 Å². The van der Waals surface area contributed by atoms with Gasteiger partial charge in [0.2, 0.25) is 0 Å². The van der Waals surface area contributed by atoms with Crippen LogP contribution in [0, 0.1) is 4.51 Å². The minimum Gasteiger partial charge on any atom is -0.385 e. The molecule has 0 fully saturated rings. The maximum absolute atomic E-state index is 5.84. The molecule has 0 aliphatic rings. The first-order chi connectivity index (χ1) is 8.11. The number of hydrogen-bond donors (Lipinski definition) is 2. The first-order valence-electron chi connectivity index (χ1n) is 4.87. The van der Waals surface area contributed by atoms with Crippen molar-refractivity contribution < 1.29 is 0 Å². The summed E-state index contributed by atoms with van der Waals surface area (Å²) in [6.45, 7) is 3.82. The van der Waals surface area contributed by atoms with E-state index in [0.29, 0.717) is 14.8 Å². The molecule has 0 unspecified atom stereocenters. The van der Waals surface area contributed by atoms with Crippen molar-refractivity contribution >= 4 is 38.4 Å². The fraction of sp³-hybridized carbons (Fsp3) is 0. The van der Waals surface area contributed by atoms with Crippen molar-refractivity contribution in [3.63, 3.8) is 0 Å². The van der Waals surface area contributed by atoms with E-state index in [4.69, 9.17) is 18.0 Å². The molecule has 3 nitrogen and oxygen atoms in total. The van der Waals surface area contributed by atoms with Crippen LogP contribution in [0.2, 0.25) is 0 Å². The van der Waals surface area contributed by atoms with Gasteiger partial charge in [-0.25, -0.2) is 0 Å². The second kappa shape index (κ2) is 4.81. The van der Waals surface area contributed by atoms with Gasteiger partial charge in [0.1, 0.15) is 5.82 Å². The van der Waals surface area contributed by atoms with Crippen LogP contribution in [0.25, 0.3) is 15.6 Å². The number of nitrogens with zero attached hydrogens (tertiary/aromatic N) is 1. The zero-order valence-electron chi connectivity index (χ0n) is 8.90. The number of pyridine rings is 2. The van der Waals surface area contributed by atoms with Gasteiger partial charge in [-0.05, 0) is 6.07 Å².